The molecule has 2 heterocycles. The maximum absolute atomic E-state index is 13.3. The first kappa shape index (κ1) is 20.1. The molecule has 0 unspecified atom stereocenters. The van der Waals surface area contributed by atoms with Crippen LogP contribution in [0.25, 0.3) is 15.9 Å². The summed E-state index contributed by atoms with van der Waals surface area (Å²) in [5.74, 6) is -0.231. The molecule has 2 N–H and O–H groups in total. The molecule has 8 heteroatoms. The van der Waals surface area contributed by atoms with Crippen LogP contribution in [0, 0.1) is 0 Å². The summed E-state index contributed by atoms with van der Waals surface area (Å²) < 4.78 is 1.50. The zero-order valence-electron chi connectivity index (χ0n) is 17.1. The molecule has 0 saturated carbocycles. The molecule has 0 spiro atoms. The van der Waals surface area contributed by atoms with Crippen molar-refractivity contribution in [2.24, 2.45) is 5.10 Å². The van der Waals surface area contributed by atoms with Gasteiger partial charge in [0.1, 0.15) is 16.9 Å². The number of nitrogens with one attached hydrogen (secondary N) is 1. The van der Waals surface area contributed by atoms with Crippen LogP contribution >= 0.6 is 11.3 Å². The van der Waals surface area contributed by atoms with Crippen molar-refractivity contribution in [1.82, 2.24) is 15.0 Å². The topological polar surface area (TPSA) is 96.6 Å². The molecule has 2 aromatic heterocycles. The lowest BCUT2D eigenvalue weighted by atomic mass is 9.97. The zero-order valence-corrected chi connectivity index (χ0v) is 17.9. The normalized spacial score (nSPS) is 13.4. The Bertz CT molecular complexity index is 1400. The minimum absolute atomic E-state index is 0.0997. The Morgan fingerprint density at radius 1 is 1.16 bits per heavy atom. The fourth-order valence-electron chi connectivity index (χ4n) is 3.92. The monoisotopic (exact) mass is 444 g/mol. The predicted molar refractivity (Wildman–Crippen MR) is 125 cm³/mol. The second-order valence-corrected chi connectivity index (χ2v) is 8.74. The van der Waals surface area contributed by atoms with Crippen LogP contribution in [0.4, 0.5) is 0 Å². The fraction of sp³-hybridized carbons (Fsp3) is 0.167. The van der Waals surface area contributed by atoms with Crippen molar-refractivity contribution in [2.75, 3.05) is 0 Å². The molecule has 7 nitrogen and oxygen atoms in total. The summed E-state index contributed by atoms with van der Waals surface area (Å²) in [4.78, 5) is 32.4. The number of thiophene rings is 1. The average Bonchev–Trinajstić information content (AvgIpc) is 3.20. The number of aryl methyl sites for hydroxylation is 2. The van der Waals surface area contributed by atoms with E-state index in [0.717, 1.165) is 41.6 Å². The first-order chi connectivity index (χ1) is 15.6. The molecule has 4 aromatic rings. The number of phenols is 1. The van der Waals surface area contributed by atoms with E-state index in [4.69, 9.17) is 0 Å². The first-order valence-electron chi connectivity index (χ1n) is 10.3. The minimum Gasteiger partial charge on any atom is -0.508 e. The maximum Gasteiger partial charge on any atom is 0.271 e. The number of hydrazone groups is 1. The van der Waals surface area contributed by atoms with E-state index in [9.17, 15) is 14.7 Å². The highest BCUT2D eigenvalue weighted by atomic mass is 32.1. The Hall–Kier alpha value is -3.78. The fourth-order valence-corrected chi connectivity index (χ4v) is 5.14. The van der Waals surface area contributed by atoms with Crippen LogP contribution in [0.3, 0.4) is 0 Å². The van der Waals surface area contributed by atoms with Gasteiger partial charge in [0, 0.05) is 10.4 Å². The van der Waals surface area contributed by atoms with Gasteiger partial charge in [-0.15, -0.1) is 11.3 Å². The van der Waals surface area contributed by atoms with Crippen molar-refractivity contribution in [3.63, 3.8) is 0 Å². The van der Waals surface area contributed by atoms with Crippen LogP contribution < -0.4 is 11.0 Å². The number of hydrogen-bond donors (Lipinski definition) is 2. The Balaban J connectivity index is 1.42. The molecular formula is C24H20N4O3S. The Kier molecular flexibility index (Phi) is 5.28. The minimum atomic E-state index is -0.392. The number of carbonyl (C=O) groups is 1. The van der Waals surface area contributed by atoms with Crippen molar-refractivity contribution in [2.45, 2.75) is 25.7 Å². The molecular weight excluding hydrogens is 424 g/mol. The van der Waals surface area contributed by atoms with Gasteiger partial charge in [-0.1, -0.05) is 6.07 Å². The van der Waals surface area contributed by atoms with Gasteiger partial charge in [-0.3, -0.25) is 14.2 Å². The van der Waals surface area contributed by atoms with Gasteiger partial charge in [0.2, 0.25) is 0 Å². The summed E-state index contributed by atoms with van der Waals surface area (Å²) in [7, 11) is 0. The molecule has 0 atom stereocenters. The smallest absolute Gasteiger partial charge is 0.271 e. The molecule has 160 valence electrons. The van der Waals surface area contributed by atoms with Crippen LogP contribution in [0.5, 0.6) is 5.75 Å². The van der Waals surface area contributed by atoms with Crippen LogP contribution in [0.2, 0.25) is 0 Å². The van der Waals surface area contributed by atoms with Gasteiger partial charge in [-0.2, -0.15) is 5.10 Å². The van der Waals surface area contributed by atoms with E-state index >= 15 is 0 Å². The Labute approximate surface area is 187 Å². The van der Waals surface area contributed by atoms with Gasteiger partial charge in [-0.05, 0) is 79.3 Å². The summed E-state index contributed by atoms with van der Waals surface area (Å²) in [6, 6.07) is 13.3. The SMILES string of the molecule is O=C(N/N=C/c1ccc(O)cc1)c1cccc(-n2cnc3sc4c(c3c2=O)CCCC4)c1. The molecule has 0 fully saturated rings. The Morgan fingerprint density at radius 2 is 1.97 bits per heavy atom. The van der Waals surface area contributed by atoms with Gasteiger partial charge in [0.05, 0.1) is 17.3 Å². The Morgan fingerprint density at radius 3 is 2.81 bits per heavy atom. The van der Waals surface area contributed by atoms with E-state index in [0.29, 0.717) is 16.6 Å². The van der Waals surface area contributed by atoms with Crippen LogP contribution in [-0.2, 0) is 12.8 Å². The van der Waals surface area contributed by atoms with Gasteiger partial charge >= 0.3 is 0 Å². The third kappa shape index (κ3) is 3.80. The van der Waals surface area contributed by atoms with Gasteiger partial charge in [-0.25, -0.2) is 10.4 Å². The van der Waals surface area contributed by atoms with E-state index in [1.165, 1.54) is 22.0 Å². The highest BCUT2D eigenvalue weighted by Crippen LogP contribution is 2.33. The van der Waals surface area contributed by atoms with Crippen molar-refractivity contribution in [1.29, 1.82) is 0 Å². The maximum atomic E-state index is 13.3. The number of nitrogens with zero attached hydrogens (tertiary/aromatic N) is 3. The van der Waals surface area contributed by atoms with E-state index in [1.54, 1.807) is 59.9 Å². The number of carbonyl (C=O) groups excluding carboxylic acids is 1. The predicted octanol–water partition coefficient (Wildman–Crippen LogP) is 3.80. The lowest BCUT2D eigenvalue weighted by molar-refractivity contribution is 0.0955. The average molecular weight is 445 g/mol. The van der Waals surface area contributed by atoms with Gasteiger partial charge < -0.3 is 5.11 Å². The number of phenolic OH excluding ortho intramolecular Hbond substituents is 1. The molecule has 1 aliphatic rings. The van der Waals surface area contributed by atoms with Crippen LogP contribution in [0.1, 0.15) is 39.2 Å². The summed E-state index contributed by atoms with van der Waals surface area (Å²) in [5, 5.41) is 14.0. The van der Waals surface area contributed by atoms with Crippen molar-refractivity contribution < 1.29 is 9.90 Å². The van der Waals surface area contributed by atoms with Crippen molar-refractivity contribution in [3.8, 4) is 11.4 Å². The second-order valence-electron chi connectivity index (χ2n) is 7.65. The molecule has 0 bridgehead atoms. The molecule has 2 aromatic carbocycles. The highest BCUT2D eigenvalue weighted by Gasteiger charge is 2.20. The number of aromatic nitrogens is 2. The van der Waals surface area contributed by atoms with Crippen LogP contribution in [-0.4, -0.2) is 26.8 Å². The van der Waals surface area contributed by atoms with Crippen molar-refractivity contribution >= 4 is 33.7 Å². The number of rotatable bonds is 4. The molecule has 0 radical (unpaired) electrons. The lowest BCUT2D eigenvalue weighted by Crippen LogP contribution is -2.21. The van der Waals surface area contributed by atoms with Crippen LogP contribution in [0.15, 0.2) is 64.8 Å². The van der Waals surface area contributed by atoms with Crippen molar-refractivity contribution in [3.05, 3.63) is 86.8 Å². The number of fused-ring (bicyclic) bond motifs is 3. The highest BCUT2D eigenvalue weighted by molar-refractivity contribution is 7.18. The van der Waals surface area contributed by atoms with E-state index in [2.05, 4.69) is 15.5 Å². The molecule has 1 aliphatic carbocycles. The largest absolute Gasteiger partial charge is 0.508 e. The summed E-state index contributed by atoms with van der Waals surface area (Å²) in [5.41, 5.74) is 5.22. The summed E-state index contributed by atoms with van der Waals surface area (Å²) in [6.45, 7) is 0. The molecule has 0 aliphatic heterocycles. The quantitative estimate of drug-likeness (QED) is 0.370. The third-order valence-corrected chi connectivity index (χ3v) is 6.73. The van der Waals surface area contributed by atoms with E-state index < -0.39 is 5.91 Å². The molecule has 32 heavy (non-hydrogen) atoms. The molecule has 5 rings (SSSR count). The number of hydrogen-bond acceptors (Lipinski definition) is 6. The molecule has 0 saturated heterocycles. The summed E-state index contributed by atoms with van der Waals surface area (Å²) >= 11 is 1.62. The van der Waals surface area contributed by atoms with Gasteiger partial charge in [0.15, 0.2) is 0 Å². The lowest BCUT2D eigenvalue weighted by Gasteiger charge is -2.11. The standard InChI is InChI=1S/C24H20N4O3S/c29-18-10-8-15(9-11-18)13-26-27-22(30)16-4-3-5-17(12-16)28-14-25-23-21(24(28)31)19-6-1-2-7-20(19)32-23/h3-5,8-14,29H,1-2,6-7H2,(H,27,30)/b26-13+. The number of benzene rings is 2. The second kappa shape index (κ2) is 8.39. The van der Waals surface area contributed by atoms with Gasteiger partial charge in [0.25, 0.3) is 11.5 Å². The third-order valence-electron chi connectivity index (χ3n) is 5.54. The van der Waals surface area contributed by atoms with E-state index in [1.807, 2.05) is 0 Å². The summed E-state index contributed by atoms with van der Waals surface area (Å²) in [6.07, 6.45) is 7.19. The zero-order chi connectivity index (χ0) is 22.1. The number of aromatic hydroxyl groups is 1. The van der Waals surface area contributed by atoms with E-state index in [-0.39, 0.29) is 11.3 Å². The first-order valence-corrected chi connectivity index (χ1v) is 11.2. The number of amides is 1. The molecule has 1 amide bonds.